The maximum atomic E-state index is 12.5. The van der Waals surface area contributed by atoms with Crippen LogP contribution in [0, 0.1) is 0 Å². The Hall–Kier alpha value is -2.89. The van der Waals surface area contributed by atoms with E-state index in [-0.39, 0.29) is 44.3 Å². The number of hydrogen-bond donors (Lipinski definition) is 2. The fourth-order valence-corrected chi connectivity index (χ4v) is 3.63. The van der Waals surface area contributed by atoms with Crippen molar-refractivity contribution >= 4 is 47.5 Å². The Kier molecular flexibility index (Phi) is 12.5. The molecule has 1 atom stereocenters. The normalized spacial score (nSPS) is 14.0. The summed E-state index contributed by atoms with van der Waals surface area (Å²) in [7, 11) is 0. The van der Waals surface area contributed by atoms with E-state index in [1.807, 2.05) is 6.92 Å². The molecule has 0 aromatic rings. The van der Waals surface area contributed by atoms with Crippen molar-refractivity contribution < 1.29 is 33.5 Å². The number of rotatable bonds is 15. The minimum absolute atomic E-state index is 0.104. The fraction of sp³-hybridized carbons (Fsp3) is 0.652. The minimum Gasteiger partial charge on any atom is -0.458 e. The first-order valence-electron chi connectivity index (χ1n) is 11.6. The lowest BCUT2D eigenvalue weighted by Gasteiger charge is -2.30. The van der Waals surface area contributed by atoms with Gasteiger partial charge in [-0.1, -0.05) is 18.9 Å². The highest BCUT2D eigenvalue weighted by molar-refractivity contribution is 7.96. The molecule has 0 fully saturated rings. The molecule has 35 heavy (non-hydrogen) atoms. The van der Waals surface area contributed by atoms with E-state index in [2.05, 4.69) is 10.6 Å². The summed E-state index contributed by atoms with van der Waals surface area (Å²) in [5.41, 5.74) is -0.632. The largest absolute Gasteiger partial charge is 0.458 e. The molecule has 5 amide bonds. The number of ether oxygens (including phenoxy) is 1. The van der Waals surface area contributed by atoms with Gasteiger partial charge in [0, 0.05) is 44.3 Å². The van der Waals surface area contributed by atoms with Crippen LogP contribution in [0.5, 0.6) is 0 Å². The van der Waals surface area contributed by atoms with Crippen LogP contribution in [0.2, 0.25) is 0 Å². The van der Waals surface area contributed by atoms with Gasteiger partial charge in [-0.3, -0.25) is 33.2 Å². The summed E-state index contributed by atoms with van der Waals surface area (Å²) in [5.74, 6) is -2.31. The SMILES string of the molecule is CCC(C)(C)OC(=O)C(C)N(SC)C(=O)CNC(=O)CCCCC(=O)NCCN1C(=O)C=CC1=O. The van der Waals surface area contributed by atoms with E-state index in [0.717, 1.165) is 16.8 Å². The zero-order valence-electron chi connectivity index (χ0n) is 21.0. The molecule has 0 bridgehead atoms. The number of unbranched alkanes of at least 4 members (excludes halogenated alkanes) is 1. The average Bonchev–Trinajstić information content (AvgIpc) is 3.12. The van der Waals surface area contributed by atoms with Gasteiger partial charge in [0.1, 0.15) is 11.6 Å². The zero-order chi connectivity index (χ0) is 26.6. The molecular weight excluding hydrogens is 476 g/mol. The number of nitrogens with one attached hydrogen (secondary N) is 2. The summed E-state index contributed by atoms with van der Waals surface area (Å²) in [6, 6.07) is -0.809. The third-order valence-corrected chi connectivity index (χ3v) is 6.33. The molecule has 1 heterocycles. The third-order valence-electron chi connectivity index (χ3n) is 5.42. The predicted molar refractivity (Wildman–Crippen MR) is 131 cm³/mol. The molecule has 0 aromatic carbocycles. The lowest BCUT2D eigenvalue weighted by Crippen LogP contribution is -2.46. The minimum atomic E-state index is -0.809. The van der Waals surface area contributed by atoms with Gasteiger partial charge in [0.15, 0.2) is 0 Å². The smallest absolute Gasteiger partial charge is 0.330 e. The van der Waals surface area contributed by atoms with Crippen LogP contribution in [0.25, 0.3) is 0 Å². The van der Waals surface area contributed by atoms with Crippen molar-refractivity contribution in [3.05, 3.63) is 12.2 Å². The first kappa shape index (κ1) is 30.1. The van der Waals surface area contributed by atoms with Crippen LogP contribution in [0.15, 0.2) is 12.2 Å². The molecule has 1 aliphatic heterocycles. The maximum absolute atomic E-state index is 12.5. The van der Waals surface area contributed by atoms with E-state index >= 15 is 0 Å². The Bertz CT molecular complexity index is 826. The van der Waals surface area contributed by atoms with Gasteiger partial charge in [-0.05, 0) is 40.0 Å². The predicted octanol–water partition coefficient (Wildman–Crippen LogP) is 0.931. The number of esters is 1. The Labute approximate surface area is 210 Å². The Morgan fingerprint density at radius 1 is 1.06 bits per heavy atom. The van der Waals surface area contributed by atoms with Crippen molar-refractivity contribution in [3.63, 3.8) is 0 Å². The number of nitrogens with zero attached hydrogens (tertiary/aromatic N) is 2. The number of carbonyl (C=O) groups is 6. The molecule has 196 valence electrons. The second-order valence-corrected chi connectivity index (χ2v) is 9.37. The summed E-state index contributed by atoms with van der Waals surface area (Å²) in [5, 5.41) is 5.17. The van der Waals surface area contributed by atoms with Gasteiger partial charge in [-0.25, -0.2) is 4.79 Å². The summed E-state index contributed by atoms with van der Waals surface area (Å²) in [6.45, 7) is 7.08. The van der Waals surface area contributed by atoms with Crippen molar-refractivity contribution in [2.45, 2.75) is 71.4 Å². The number of hydrogen-bond acceptors (Lipinski definition) is 8. The van der Waals surface area contributed by atoms with Gasteiger partial charge in [-0.2, -0.15) is 0 Å². The quantitative estimate of drug-likeness (QED) is 0.143. The van der Waals surface area contributed by atoms with Crippen molar-refractivity contribution in [1.29, 1.82) is 0 Å². The van der Waals surface area contributed by atoms with E-state index < -0.39 is 35.3 Å². The first-order valence-corrected chi connectivity index (χ1v) is 12.8. The summed E-state index contributed by atoms with van der Waals surface area (Å²) >= 11 is 1.08. The molecule has 1 aliphatic rings. The van der Waals surface area contributed by atoms with E-state index in [1.54, 1.807) is 27.0 Å². The summed E-state index contributed by atoms with van der Waals surface area (Å²) in [6.07, 6.45) is 5.91. The molecule has 1 unspecified atom stereocenters. The van der Waals surface area contributed by atoms with E-state index in [0.29, 0.717) is 19.3 Å². The van der Waals surface area contributed by atoms with Gasteiger partial charge < -0.3 is 15.4 Å². The number of carbonyl (C=O) groups excluding carboxylic acids is 6. The summed E-state index contributed by atoms with van der Waals surface area (Å²) in [4.78, 5) is 72.7. The Morgan fingerprint density at radius 2 is 1.60 bits per heavy atom. The third kappa shape index (κ3) is 10.5. The molecule has 11 nitrogen and oxygen atoms in total. The van der Waals surface area contributed by atoms with Crippen molar-refractivity contribution in [1.82, 2.24) is 19.8 Å². The van der Waals surface area contributed by atoms with Gasteiger partial charge in [-0.15, -0.1) is 0 Å². The highest BCUT2D eigenvalue weighted by Gasteiger charge is 2.31. The van der Waals surface area contributed by atoms with Gasteiger partial charge >= 0.3 is 5.97 Å². The van der Waals surface area contributed by atoms with Crippen LogP contribution in [-0.4, -0.2) is 82.2 Å². The van der Waals surface area contributed by atoms with Crippen LogP contribution < -0.4 is 10.6 Å². The van der Waals surface area contributed by atoms with Crippen molar-refractivity contribution in [2.75, 3.05) is 25.9 Å². The van der Waals surface area contributed by atoms with Crippen LogP contribution >= 0.6 is 11.9 Å². The van der Waals surface area contributed by atoms with Gasteiger partial charge in [0.25, 0.3) is 17.7 Å². The molecule has 2 N–H and O–H groups in total. The second kappa shape index (κ2) is 14.5. The topological polar surface area (TPSA) is 142 Å². The molecule has 0 saturated carbocycles. The Balaban J connectivity index is 2.26. The van der Waals surface area contributed by atoms with E-state index in [9.17, 15) is 28.8 Å². The lowest BCUT2D eigenvalue weighted by atomic mass is 10.1. The molecule has 1 rings (SSSR count). The number of amides is 5. The Morgan fingerprint density at radius 3 is 2.11 bits per heavy atom. The second-order valence-electron chi connectivity index (χ2n) is 8.61. The monoisotopic (exact) mass is 512 g/mol. The average molecular weight is 513 g/mol. The van der Waals surface area contributed by atoms with Crippen LogP contribution in [0.1, 0.15) is 59.8 Å². The van der Waals surface area contributed by atoms with Crippen molar-refractivity contribution in [2.24, 2.45) is 0 Å². The van der Waals surface area contributed by atoms with Crippen LogP contribution in [0.4, 0.5) is 0 Å². The van der Waals surface area contributed by atoms with Gasteiger partial charge in [0.2, 0.25) is 11.8 Å². The highest BCUT2D eigenvalue weighted by Crippen LogP contribution is 2.19. The molecule has 12 heteroatoms. The molecule has 0 radical (unpaired) electrons. The zero-order valence-corrected chi connectivity index (χ0v) is 21.9. The lowest BCUT2D eigenvalue weighted by molar-refractivity contribution is -0.162. The molecular formula is C23H36N4O7S. The molecule has 0 aliphatic carbocycles. The molecule has 0 spiro atoms. The van der Waals surface area contributed by atoms with E-state index in [1.165, 1.54) is 16.5 Å². The maximum Gasteiger partial charge on any atom is 0.330 e. The first-order chi connectivity index (χ1) is 16.4. The highest BCUT2D eigenvalue weighted by atomic mass is 32.2. The number of imide groups is 1. The van der Waals surface area contributed by atoms with Crippen molar-refractivity contribution in [3.8, 4) is 0 Å². The van der Waals surface area contributed by atoms with E-state index in [4.69, 9.17) is 4.74 Å². The van der Waals surface area contributed by atoms with Crippen LogP contribution in [-0.2, 0) is 33.5 Å². The van der Waals surface area contributed by atoms with Gasteiger partial charge in [0.05, 0.1) is 6.54 Å². The molecule has 0 aromatic heterocycles. The summed E-state index contributed by atoms with van der Waals surface area (Å²) < 4.78 is 6.73. The fourth-order valence-electron chi connectivity index (χ4n) is 2.96. The standard InChI is InChI=1S/C23H36N4O7S/c1-6-23(3,4)34-22(33)16(2)27(35-5)21(32)15-25-18(29)10-8-7-9-17(28)24-13-14-26-19(30)11-12-20(26)31/h11-12,16H,6-10,13-15H2,1-5H3,(H,24,28)(H,25,29). The molecule has 0 saturated heterocycles. The van der Waals surface area contributed by atoms with Crippen LogP contribution in [0.3, 0.4) is 0 Å².